The Kier molecular flexibility index (Phi) is 4.73. The number of carbonyl (C=O) groups excluding carboxylic acids is 1. The molecule has 0 aromatic heterocycles. The zero-order chi connectivity index (χ0) is 12.1. The van der Waals surface area contributed by atoms with Crippen molar-refractivity contribution in [2.75, 3.05) is 13.2 Å². The lowest BCUT2D eigenvalue weighted by Gasteiger charge is -2.21. The van der Waals surface area contributed by atoms with Gasteiger partial charge in [-0.25, -0.2) is 4.79 Å². The summed E-state index contributed by atoms with van der Waals surface area (Å²) in [6, 6.07) is -0.633. The highest BCUT2D eigenvalue weighted by Gasteiger charge is 2.33. The monoisotopic (exact) mass is 229 g/mol. The highest BCUT2D eigenvalue weighted by Crippen LogP contribution is 2.18. The first kappa shape index (κ1) is 13.0. The first-order valence-electron chi connectivity index (χ1n) is 5.66. The quantitative estimate of drug-likeness (QED) is 0.759. The highest BCUT2D eigenvalue weighted by molar-refractivity contribution is 5.84. The van der Waals surface area contributed by atoms with Crippen molar-refractivity contribution >= 4 is 11.9 Å². The number of hydrogen-bond donors (Lipinski definition) is 1. The molecule has 1 rings (SSSR count). The van der Waals surface area contributed by atoms with Gasteiger partial charge in [-0.1, -0.05) is 0 Å². The van der Waals surface area contributed by atoms with Gasteiger partial charge in [-0.05, 0) is 26.7 Å². The summed E-state index contributed by atoms with van der Waals surface area (Å²) in [4.78, 5) is 24.0. The van der Waals surface area contributed by atoms with E-state index < -0.39 is 12.0 Å². The SMILES string of the molecule is CC(C)OCCC(=O)N1CCC[C@@H]1C(=O)O. The summed E-state index contributed by atoms with van der Waals surface area (Å²) < 4.78 is 5.27. The van der Waals surface area contributed by atoms with Crippen LogP contribution in [0.1, 0.15) is 33.1 Å². The number of likely N-dealkylation sites (tertiary alicyclic amines) is 1. The van der Waals surface area contributed by atoms with Crippen LogP contribution in [0, 0.1) is 0 Å². The third-order valence-electron chi connectivity index (χ3n) is 2.63. The van der Waals surface area contributed by atoms with Crippen LogP contribution in [-0.4, -0.2) is 47.2 Å². The van der Waals surface area contributed by atoms with Crippen LogP contribution in [-0.2, 0) is 14.3 Å². The van der Waals surface area contributed by atoms with E-state index in [2.05, 4.69) is 0 Å². The molecule has 0 aliphatic carbocycles. The lowest BCUT2D eigenvalue weighted by atomic mass is 10.2. The molecule has 5 nitrogen and oxygen atoms in total. The van der Waals surface area contributed by atoms with Gasteiger partial charge < -0.3 is 14.7 Å². The maximum absolute atomic E-state index is 11.7. The van der Waals surface area contributed by atoms with Gasteiger partial charge in [0.1, 0.15) is 6.04 Å². The van der Waals surface area contributed by atoms with Crippen molar-refractivity contribution in [3.63, 3.8) is 0 Å². The summed E-state index contributed by atoms with van der Waals surface area (Å²) >= 11 is 0. The number of carboxylic acids is 1. The number of amides is 1. The van der Waals surface area contributed by atoms with Crippen molar-refractivity contribution in [1.82, 2.24) is 4.90 Å². The van der Waals surface area contributed by atoms with Gasteiger partial charge in [0.2, 0.25) is 5.91 Å². The average molecular weight is 229 g/mol. The second kappa shape index (κ2) is 5.84. The molecule has 92 valence electrons. The fourth-order valence-corrected chi connectivity index (χ4v) is 1.85. The Labute approximate surface area is 95.4 Å². The number of hydrogen-bond acceptors (Lipinski definition) is 3. The normalized spacial score (nSPS) is 20.4. The molecule has 0 bridgehead atoms. The van der Waals surface area contributed by atoms with E-state index in [-0.39, 0.29) is 18.4 Å². The molecule has 0 radical (unpaired) electrons. The summed E-state index contributed by atoms with van der Waals surface area (Å²) in [6.45, 7) is 4.72. The van der Waals surface area contributed by atoms with Crippen molar-refractivity contribution in [3.05, 3.63) is 0 Å². The number of carboxylic acid groups (broad SMARTS) is 1. The number of ether oxygens (including phenoxy) is 1. The van der Waals surface area contributed by atoms with Gasteiger partial charge in [-0.3, -0.25) is 4.79 Å². The minimum absolute atomic E-state index is 0.0987. The van der Waals surface area contributed by atoms with Gasteiger partial charge in [0.05, 0.1) is 19.1 Å². The molecule has 0 spiro atoms. The van der Waals surface area contributed by atoms with Gasteiger partial charge >= 0.3 is 5.97 Å². The van der Waals surface area contributed by atoms with Crippen LogP contribution in [0.15, 0.2) is 0 Å². The van der Waals surface area contributed by atoms with Gasteiger partial charge in [-0.15, -0.1) is 0 Å². The van der Waals surface area contributed by atoms with Crippen LogP contribution in [0.3, 0.4) is 0 Å². The Morgan fingerprint density at radius 1 is 1.50 bits per heavy atom. The van der Waals surface area contributed by atoms with E-state index in [4.69, 9.17) is 9.84 Å². The Morgan fingerprint density at radius 2 is 2.19 bits per heavy atom. The van der Waals surface area contributed by atoms with Gasteiger partial charge in [-0.2, -0.15) is 0 Å². The van der Waals surface area contributed by atoms with Crippen molar-refractivity contribution in [2.45, 2.75) is 45.3 Å². The van der Waals surface area contributed by atoms with Crippen molar-refractivity contribution in [3.8, 4) is 0 Å². The minimum Gasteiger partial charge on any atom is -0.480 e. The summed E-state index contributed by atoms with van der Waals surface area (Å²) in [7, 11) is 0. The molecule has 1 atom stereocenters. The van der Waals surface area contributed by atoms with Gasteiger partial charge in [0, 0.05) is 6.54 Å². The zero-order valence-corrected chi connectivity index (χ0v) is 9.81. The lowest BCUT2D eigenvalue weighted by molar-refractivity contribution is -0.148. The van der Waals surface area contributed by atoms with E-state index in [1.54, 1.807) is 0 Å². The maximum atomic E-state index is 11.7. The van der Waals surface area contributed by atoms with Crippen molar-refractivity contribution < 1.29 is 19.4 Å². The molecule has 1 saturated heterocycles. The Bertz CT molecular complexity index is 265. The van der Waals surface area contributed by atoms with E-state index in [1.807, 2.05) is 13.8 Å². The lowest BCUT2D eigenvalue weighted by Crippen LogP contribution is -2.40. The van der Waals surface area contributed by atoms with Gasteiger partial charge in [0.15, 0.2) is 0 Å². The zero-order valence-electron chi connectivity index (χ0n) is 9.81. The number of carbonyl (C=O) groups is 2. The smallest absolute Gasteiger partial charge is 0.326 e. The Balaban J connectivity index is 2.38. The summed E-state index contributed by atoms with van der Waals surface area (Å²) in [5, 5.41) is 8.92. The minimum atomic E-state index is -0.907. The highest BCUT2D eigenvalue weighted by atomic mass is 16.5. The third-order valence-corrected chi connectivity index (χ3v) is 2.63. The molecule has 0 aromatic carbocycles. The molecule has 1 heterocycles. The summed E-state index contributed by atoms with van der Waals surface area (Å²) in [5.41, 5.74) is 0. The van der Waals surface area contributed by atoms with Gasteiger partial charge in [0.25, 0.3) is 0 Å². The predicted octanol–water partition coefficient (Wildman–Crippen LogP) is 0.877. The molecule has 1 aliphatic heterocycles. The largest absolute Gasteiger partial charge is 0.480 e. The van der Waals surface area contributed by atoms with Crippen LogP contribution in [0.2, 0.25) is 0 Å². The second-order valence-electron chi connectivity index (χ2n) is 4.25. The number of aliphatic carboxylic acids is 1. The molecule has 1 amide bonds. The number of nitrogens with zero attached hydrogens (tertiary/aromatic N) is 1. The van der Waals surface area contributed by atoms with E-state index in [9.17, 15) is 9.59 Å². The maximum Gasteiger partial charge on any atom is 0.326 e. The first-order valence-corrected chi connectivity index (χ1v) is 5.66. The van der Waals surface area contributed by atoms with Crippen LogP contribution in [0.25, 0.3) is 0 Å². The predicted molar refractivity (Wildman–Crippen MR) is 58.1 cm³/mol. The van der Waals surface area contributed by atoms with E-state index >= 15 is 0 Å². The molecule has 0 unspecified atom stereocenters. The molecular weight excluding hydrogens is 210 g/mol. The Hall–Kier alpha value is -1.10. The standard InChI is InChI=1S/C11H19NO4/c1-8(2)16-7-5-10(13)12-6-3-4-9(12)11(14)15/h8-9H,3-7H2,1-2H3,(H,14,15)/t9-/m1/s1. The molecule has 1 N–H and O–H groups in total. The van der Waals surface area contributed by atoms with Crippen LogP contribution < -0.4 is 0 Å². The van der Waals surface area contributed by atoms with Crippen LogP contribution >= 0.6 is 0 Å². The van der Waals surface area contributed by atoms with Crippen LogP contribution in [0.5, 0.6) is 0 Å². The summed E-state index contributed by atoms with van der Waals surface area (Å²) in [5.74, 6) is -1.03. The molecule has 0 saturated carbocycles. The van der Waals surface area contributed by atoms with Crippen molar-refractivity contribution in [2.24, 2.45) is 0 Å². The van der Waals surface area contributed by atoms with E-state index in [0.29, 0.717) is 19.6 Å². The van der Waals surface area contributed by atoms with E-state index in [0.717, 1.165) is 6.42 Å². The topological polar surface area (TPSA) is 66.8 Å². The molecule has 0 aromatic rings. The molecular formula is C11H19NO4. The molecule has 1 aliphatic rings. The molecule has 1 fully saturated rings. The molecule has 16 heavy (non-hydrogen) atoms. The fraction of sp³-hybridized carbons (Fsp3) is 0.818. The molecule has 5 heteroatoms. The third kappa shape index (κ3) is 3.48. The fourth-order valence-electron chi connectivity index (χ4n) is 1.85. The average Bonchev–Trinajstić information content (AvgIpc) is 2.65. The summed E-state index contributed by atoms with van der Waals surface area (Å²) in [6.07, 6.45) is 1.70. The second-order valence-corrected chi connectivity index (χ2v) is 4.25. The van der Waals surface area contributed by atoms with Crippen molar-refractivity contribution in [1.29, 1.82) is 0 Å². The Morgan fingerprint density at radius 3 is 2.75 bits per heavy atom. The van der Waals surface area contributed by atoms with Crippen LogP contribution in [0.4, 0.5) is 0 Å². The number of rotatable bonds is 5. The van der Waals surface area contributed by atoms with E-state index in [1.165, 1.54) is 4.90 Å². The first-order chi connectivity index (χ1) is 7.52.